The molecule has 0 spiro atoms. The predicted octanol–water partition coefficient (Wildman–Crippen LogP) is 3.84. The van der Waals surface area contributed by atoms with Crippen molar-refractivity contribution >= 4 is 71.2 Å². The number of unbranched alkanes of at least 4 members (excludes halogenated alkanes) is 5. The minimum Gasteiger partial charge on any atom is -0.330 e. The highest BCUT2D eigenvalue weighted by atomic mass is 35.5. The van der Waals surface area contributed by atoms with Gasteiger partial charge in [0, 0.05) is 12.3 Å². The molecule has 0 aromatic heterocycles. The molecule has 0 saturated heterocycles. The molecule has 154 valence electrons. The van der Waals surface area contributed by atoms with Gasteiger partial charge < -0.3 is 22.1 Å². The summed E-state index contributed by atoms with van der Waals surface area (Å²) in [7, 11) is 3.87. The van der Waals surface area contributed by atoms with Gasteiger partial charge in [0.05, 0.1) is 5.88 Å². The van der Waals surface area contributed by atoms with E-state index in [1.165, 1.54) is 44.3 Å². The van der Waals surface area contributed by atoms with Crippen LogP contribution in [0.25, 0.3) is 0 Å². The van der Waals surface area contributed by atoms with Gasteiger partial charge in [-0.15, -0.1) is 49.6 Å². The fraction of sp³-hybridized carbons (Fsp3) is 1.00. The Labute approximate surface area is 182 Å². The molecule has 0 atom stereocenters. The lowest BCUT2D eigenvalue weighted by molar-refractivity contribution is 0.617. The first-order valence-corrected chi connectivity index (χ1v) is 10.5. The Kier molecular flexibility index (Phi) is 54.5. The Balaban J connectivity index is -0.000000301. The summed E-state index contributed by atoms with van der Waals surface area (Å²) in [4.78, 5) is 0. The summed E-state index contributed by atoms with van der Waals surface area (Å²) in [5.41, 5.74) is 10.9. The van der Waals surface area contributed by atoms with Crippen LogP contribution in [0.2, 0.25) is 0 Å². The van der Waals surface area contributed by atoms with Crippen molar-refractivity contribution in [3.8, 4) is 0 Å². The van der Waals surface area contributed by atoms with Gasteiger partial charge >= 0.3 is 0 Å². The zero-order chi connectivity index (χ0) is 14.7. The Morgan fingerprint density at radius 1 is 0.542 bits per heavy atom. The summed E-state index contributed by atoms with van der Waals surface area (Å²) in [6, 6.07) is 0. The molecule has 0 aromatic carbocycles. The molecule has 4 nitrogen and oxygen atoms in total. The second-order valence-corrected chi connectivity index (χ2v) is 7.47. The molecule has 0 fully saturated rings. The molecule has 0 saturated carbocycles. The number of halogens is 4. The normalized spacial score (nSPS) is 9.25. The second kappa shape index (κ2) is 35.7. The molecular weight excluding hydrogens is 430 g/mol. The van der Waals surface area contributed by atoms with Gasteiger partial charge in [-0.2, -0.15) is 0 Å². The lowest BCUT2D eigenvalue weighted by atomic mass is 10.2. The maximum absolute atomic E-state index is 5.46. The van der Waals surface area contributed by atoms with Crippen molar-refractivity contribution in [2.24, 2.45) is 11.5 Å². The van der Waals surface area contributed by atoms with Gasteiger partial charge in [-0.25, -0.2) is 0 Å². The minimum atomic E-state index is 0. The zero-order valence-corrected chi connectivity index (χ0v) is 19.4. The average Bonchev–Trinajstić information content (AvgIpc) is 2.47. The highest BCUT2D eigenvalue weighted by molar-refractivity contribution is 8.76. The van der Waals surface area contributed by atoms with E-state index < -0.39 is 0 Å². The summed E-state index contributed by atoms with van der Waals surface area (Å²) in [6.07, 6.45) is 8.68. The van der Waals surface area contributed by atoms with Crippen molar-refractivity contribution in [2.75, 3.05) is 44.4 Å². The molecule has 0 unspecified atom stereocenters. The van der Waals surface area contributed by atoms with Crippen LogP contribution in [-0.4, -0.2) is 44.4 Å². The maximum atomic E-state index is 5.46. The second-order valence-electron chi connectivity index (χ2n) is 4.89. The maximum Gasteiger partial charge on any atom is 0.0523 e. The van der Waals surface area contributed by atoms with Crippen molar-refractivity contribution in [3.05, 3.63) is 0 Å². The van der Waals surface area contributed by atoms with Crippen molar-refractivity contribution in [1.29, 1.82) is 0 Å². The van der Waals surface area contributed by atoms with Crippen LogP contribution in [-0.2, 0) is 0 Å². The van der Waals surface area contributed by atoms with Crippen LogP contribution in [0.1, 0.15) is 44.9 Å². The Hall–Kier alpha value is 1.70. The van der Waals surface area contributed by atoms with Gasteiger partial charge in [0.25, 0.3) is 0 Å². The monoisotopic (exact) mass is 466 g/mol. The number of nitrogens with two attached hydrogens (primary N) is 2. The Bertz CT molecular complexity index is 171. The number of hydrogen-bond acceptors (Lipinski definition) is 6. The highest BCUT2D eigenvalue weighted by Gasteiger charge is 1.93. The standard InChI is InChI=1S/C14H34N4S2.4ClH/c15-8-4-1-2-6-11-18-14-20-19-13-12-17-10-7-3-5-9-16;;;;/h17-18H,1-16H2;4*1H. The first-order chi connectivity index (χ1) is 9.91. The fourth-order valence-corrected chi connectivity index (χ4v) is 3.53. The smallest absolute Gasteiger partial charge is 0.0523 e. The number of nitrogens with one attached hydrogen (secondary N) is 2. The van der Waals surface area contributed by atoms with Crippen molar-refractivity contribution in [2.45, 2.75) is 44.9 Å². The molecule has 10 heteroatoms. The fourth-order valence-electron chi connectivity index (χ4n) is 1.77. The van der Waals surface area contributed by atoms with E-state index in [-0.39, 0.29) is 49.6 Å². The third-order valence-corrected chi connectivity index (χ3v) is 5.18. The van der Waals surface area contributed by atoms with E-state index in [1.807, 2.05) is 21.6 Å². The summed E-state index contributed by atoms with van der Waals surface area (Å²) in [6.45, 7) is 5.04. The first kappa shape index (κ1) is 36.6. The lowest BCUT2D eigenvalue weighted by Crippen LogP contribution is -2.18. The number of hydrogen-bond donors (Lipinski definition) is 4. The van der Waals surface area contributed by atoms with Gasteiger partial charge in [0.2, 0.25) is 0 Å². The third-order valence-electron chi connectivity index (χ3n) is 2.97. The topological polar surface area (TPSA) is 76.1 Å². The van der Waals surface area contributed by atoms with Gasteiger partial charge in [-0.05, 0) is 51.9 Å². The molecule has 0 amide bonds. The quantitative estimate of drug-likeness (QED) is 0.148. The van der Waals surface area contributed by atoms with Crippen LogP contribution in [0.3, 0.4) is 0 Å². The van der Waals surface area contributed by atoms with Crippen molar-refractivity contribution in [3.63, 3.8) is 0 Å². The molecule has 24 heavy (non-hydrogen) atoms. The molecule has 0 aliphatic rings. The van der Waals surface area contributed by atoms with Crippen molar-refractivity contribution in [1.82, 2.24) is 10.6 Å². The average molecular weight is 468 g/mol. The van der Waals surface area contributed by atoms with E-state index in [2.05, 4.69) is 10.6 Å². The van der Waals surface area contributed by atoms with Crippen LogP contribution in [0, 0.1) is 0 Å². The van der Waals surface area contributed by atoms with Gasteiger partial charge in [0.1, 0.15) is 0 Å². The van der Waals surface area contributed by atoms with E-state index in [9.17, 15) is 0 Å². The predicted molar refractivity (Wildman–Crippen MR) is 125 cm³/mol. The summed E-state index contributed by atoms with van der Waals surface area (Å²) in [5, 5.41) is 6.94. The van der Waals surface area contributed by atoms with Crippen LogP contribution in [0.4, 0.5) is 0 Å². The molecule has 0 aliphatic heterocycles. The molecule has 0 bridgehead atoms. The van der Waals surface area contributed by atoms with Gasteiger partial charge in [-0.1, -0.05) is 40.9 Å². The molecule has 0 radical (unpaired) electrons. The van der Waals surface area contributed by atoms with Gasteiger partial charge in [-0.3, -0.25) is 0 Å². The highest BCUT2D eigenvalue weighted by Crippen LogP contribution is 2.18. The minimum absolute atomic E-state index is 0. The third kappa shape index (κ3) is 34.9. The molecule has 0 aromatic rings. The van der Waals surface area contributed by atoms with E-state index in [0.29, 0.717) is 0 Å². The van der Waals surface area contributed by atoms with Crippen molar-refractivity contribution < 1.29 is 0 Å². The van der Waals surface area contributed by atoms with Gasteiger partial charge in [0.15, 0.2) is 0 Å². The van der Waals surface area contributed by atoms with Crippen LogP contribution >= 0.6 is 71.2 Å². The molecule has 0 heterocycles. The molecular formula is C14H38Cl4N4S2. The van der Waals surface area contributed by atoms with E-state index in [1.54, 1.807) is 0 Å². The lowest BCUT2D eigenvalue weighted by Gasteiger charge is -2.05. The zero-order valence-electron chi connectivity index (χ0n) is 14.5. The Morgan fingerprint density at radius 3 is 1.62 bits per heavy atom. The molecule has 6 N–H and O–H groups in total. The summed E-state index contributed by atoms with van der Waals surface area (Å²) >= 11 is 0. The van der Waals surface area contributed by atoms with E-state index in [0.717, 1.165) is 45.0 Å². The molecule has 0 aliphatic carbocycles. The Morgan fingerprint density at radius 2 is 1.04 bits per heavy atom. The SMILES string of the molecule is Cl.Cl.Cl.Cl.NCCCCCCNCSSCCNCCCCCN. The number of rotatable bonds is 17. The first-order valence-electron chi connectivity index (χ1n) is 7.97. The largest absolute Gasteiger partial charge is 0.330 e. The summed E-state index contributed by atoms with van der Waals surface area (Å²) < 4.78 is 0. The summed E-state index contributed by atoms with van der Waals surface area (Å²) in [5.74, 6) is 2.23. The van der Waals surface area contributed by atoms with Crippen LogP contribution < -0.4 is 22.1 Å². The van der Waals surface area contributed by atoms with E-state index >= 15 is 0 Å². The van der Waals surface area contributed by atoms with Crippen LogP contribution in [0.15, 0.2) is 0 Å². The molecule has 0 rings (SSSR count). The van der Waals surface area contributed by atoms with Crippen LogP contribution in [0.5, 0.6) is 0 Å². The van der Waals surface area contributed by atoms with E-state index in [4.69, 9.17) is 11.5 Å².